The first kappa shape index (κ1) is 10.6. The van der Waals surface area contributed by atoms with Crippen molar-refractivity contribution in [3.05, 3.63) is 28.8 Å². The van der Waals surface area contributed by atoms with Crippen LogP contribution in [0.4, 0.5) is 0 Å². The van der Waals surface area contributed by atoms with E-state index in [4.69, 9.17) is 15.7 Å². The lowest BCUT2D eigenvalue weighted by atomic mass is 10.0. The molecule has 1 atom stereocenters. The Labute approximate surface area is 84.1 Å². The average Bonchev–Trinajstić information content (AvgIpc) is 2.16. The third kappa shape index (κ3) is 1.86. The molecule has 0 fully saturated rings. The minimum Gasteiger partial charge on any atom is -0.495 e. The number of nitriles is 1. The van der Waals surface area contributed by atoms with E-state index >= 15 is 0 Å². The van der Waals surface area contributed by atoms with Gasteiger partial charge in [0.25, 0.3) is 0 Å². The summed E-state index contributed by atoms with van der Waals surface area (Å²) in [6.45, 7) is 3.80. The Morgan fingerprint density at radius 2 is 2.14 bits per heavy atom. The molecular formula is C11H14N2O. The maximum absolute atomic E-state index is 8.91. The van der Waals surface area contributed by atoms with Gasteiger partial charge in [-0.05, 0) is 31.0 Å². The molecule has 14 heavy (non-hydrogen) atoms. The van der Waals surface area contributed by atoms with Crippen LogP contribution in [0.3, 0.4) is 0 Å². The van der Waals surface area contributed by atoms with Gasteiger partial charge in [-0.15, -0.1) is 0 Å². The van der Waals surface area contributed by atoms with E-state index < -0.39 is 0 Å². The van der Waals surface area contributed by atoms with Gasteiger partial charge in [0.05, 0.1) is 12.7 Å². The van der Waals surface area contributed by atoms with E-state index in [-0.39, 0.29) is 6.04 Å². The van der Waals surface area contributed by atoms with Gasteiger partial charge in [0.1, 0.15) is 11.8 Å². The summed E-state index contributed by atoms with van der Waals surface area (Å²) in [7, 11) is 1.56. The number of methoxy groups -OCH3 is 1. The molecular weight excluding hydrogens is 176 g/mol. The number of ether oxygens (including phenoxy) is 1. The lowest BCUT2D eigenvalue weighted by Crippen LogP contribution is -2.06. The largest absolute Gasteiger partial charge is 0.495 e. The Bertz CT molecular complexity index is 378. The molecule has 0 spiro atoms. The molecule has 74 valence electrons. The maximum atomic E-state index is 8.91. The monoisotopic (exact) mass is 190 g/mol. The van der Waals surface area contributed by atoms with E-state index in [0.29, 0.717) is 11.3 Å². The van der Waals surface area contributed by atoms with Crippen LogP contribution in [0.15, 0.2) is 12.1 Å². The first-order valence-electron chi connectivity index (χ1n) is 4.44. The highest BCUT2D eigenvalue weighted by molar-refractivity contribution is 5.50. The van der Waals surface area contributed by atoms with E-state index in [1.807, 2.05) is 19.9 Å². The van der Waals surface area contributed by atoms with E-state index in [9.17, 15) is 0 Å². The molecule has 0 saturated carbocycles. The van der Waals surface area contributed by atoms with Crippen LogP contribution in [0.1, 0.15) is 29.7 Å². The molecule has 0 amide bonds. The van der Waals surface area contributed by atoms with Crippen LogP contribution < -0.4 is 10.5 Å². The van der Waals surface area contributed by atoms with Crippen molar-refractivity contribution in [3.63, 3.8) is 0 Å². The van der Waals surface area contributed by atoms with Crippen LogP contribution in [-0.4, -0.2) is 7.11 Å². The maximum Gasteiger partial charge on any atom is 0.139 e. The van der Waals surface area contributed by atoms with Crippen molar-refractivity contribution in [1.29, 1.82) is 5.26 Å². The van der Waals surface area contributed by atoms with Crippen LogP contribution in [-0.2, 0) is 0 Å². The average molecular weight is 190 g/mol. The number of aryl methyl sites for hydroxylation is 1. The summed E-state index contributed by atoms with van der Waals surface area (Å²) in [5.41, 5.74) is 8.19. The lowest BCUT2D eigenvalue weighted by Gasteiger charge is -2.11. The van der Waals surface area contributed by atoms with Crippen LogP contribution in [0, 0.1) is 18.3 Å². The second-order valence-corrected chi connectivity index (χ2v) is 3.32. The minimum atomic E-state index is -0.0632. The van der Waals surface area contributed by atoms with E-state index in [2.05, 4.69) is 6.07 Å². The Morgan fingerprint density at radius 1 is 1.50 bits per heavy atom. The third-order valence-electron chi connectivity index (χ3n) is 2.15. The molecule has 0 aromatic heterocycles. The summed E-state index contributed by atoms with van der Waals surface area (Å²) in [4.78, 5) is 0. The normalized spacial score (nSPS) is 11.9. The number of nitrogens with zero attached hydrogens (tertiary/aromatic N) is 1. The smallest absolute Gasteiger partial charge is 0.139 e. The van der Waals surface area contributed by atoms with Gasteiger partial charge in [-0.25, -0.2) is 0 Å². The van der Waals surface area contributed by atoms with Gasteiger partial charge in [-0.2, -0.15) is 5.26 Å². The van der Waals surface area contributed by atoms with Gasteiger partial charge in [0.15, 0.2) is 0 Å². The third-order valence-corrected chi connectivity index (χ3v) is 2.15. The fraction of sp³-hybridized carbons (Fsp3) is 0.364. The predicted octanol–water partition coefficient (Wildman–Crippen LogP) is 1.89. The number of hydrogen-bond donors (Lipinski definition) is 1. The summed E-state index contributed by atoms with van der Waals surface area (Å²) in [6, 6.07) is 5.76. The molecule has 3 heteroatoms. The van der Waals surface area contributed by atoms with E-state index in [1.165, 1.54) is 0 Å². The summed E-state index contributed by atoms with van der Waals surface area (Å²) >= 11 is 0. The molecule has 0 bridgehead atoms. The molecule has 2 N–H and O–H groups in total. The Hall–Kier alpha value is -1.53. The SMILES string of the molecule is COc1c(C)cc(C(C)N)cc1C#N. The molecule has 1 aromatic rings. The highest BCUT2D eigenvalue weighted by Gasteiger charge is 2.09. The molecule has 0 aliphatic carbocycles. The fourth-order valence-corrected chi connectivity index (χ4v) is 1.42. The molecule has 0 aliphatic rings. The zero-order valence-corrected chi connectivity index (χ0v) is 8.66. The summed E-state index contributed by atoms with van der Waals surface area (Å²) in [5.74, 6) is 0.636. The molecule has 0 radical (unpaired) electrons. The van der Waals surface area contributed by atoms with Gasteiger partial charge < -0.3 is 10.5 Å². The molecule has 1 unspecified atom stereocenters. The molecule has 1 aromatic carbocycles. The summed E-state index contributed by atoms with van der Waals surface area (Å²) < 4.78 is 5.14. The number of hydrogen-bond acceptors (Lipinski definition) is 3. The second kappa shape index (κ2) is 4.12. The minimum absolute atomic E-state index is 0.0632. The standard InChI is InChI=1S/C11H14N2O/c1-7-4-9(8(2)13)5-10(6-12)11(7)14-3/h4-5,8H,13H2,1-3H3. The van der Waals surface area contributed by atoms with E-state index in [1.54, 1.807) is 13.2 Å². The van der Waals surface area contributed by atoms with Crippen molar-refractivity contribution < 1.29 is 4.74 Å². The highest BCUT2D eigenvalue weighted by atomic mass is 16.5. The lowest BCUT2D eigenvalue weighted by molar-refractivity contribution is 0.410. The van der Waals surface area contributed by atoms with Crippen LogP contribution in [0.5, 0.6) is 5.75 Å². The molecule has 0 heterocycles. The highest BCUT2D eigenvalue weighted by Crippen LogP contribution is 2.26. The molecule has 0 saturated heterocycles. The van der Waals surface area contributed by atoms with Crippen molar-refractivity contribution in [3.8, 4) is 11.8 Å². The fourth-order valence-electron chi connectivity index (χ4n) is 1.42. The topological polar surface area (TPSA) is 59.0 Å². The first-order valence-corrected chi connectivity index (χ1v) is 4.44. The number of rotatable bonds is 2. The van der Waals surface area contributed by atoms with Crippen molar-refractivity contribution in [2.75, 3.05) is 7.11 Å². The molecule has 3 nitrogen and oxygen atoms in total. The zero-order valence-electron chi connectivity index (χ0n) is 8.66. The van der Waals surface area contributed by atoms with Gasteiger partial charge in [0.2, 0.25) is 0 Å². The quantitative estimate of drug-likeness (QED) is 0.774. The van der Waals surface area contributed by atoms with Gasteiger partial charge in [-0.3, -0.25) is 0 Å². The molecule has 1 rings (SSSR count). The van der Waals surface area contributed by atoms with Gasteiger partial charge in [0, 0.05) is 6.04 Å². The Morgan fingerprint density at radius 3 is 2.57 bits per heavy atom. The summed E-state index contributed by atoms with van der Waals surface area (Å²) in [5, 5.41) is 8.91. The van der Waals surface area contributed by atoms with Crippen LogP contribution >= 0.6 is 0 Å². The van der Waals surface area contributed by atoms with Crippen molar-refractivity contribution in [1.82, 2.24) is 0 Å². The second-order valence-electron chi connectivity index (χ2n) is 3.32. The predicted molar refractivity (Wildman–Crippen MR) is 55.0 cm³/mol. The van der Waals surface area contributed by atoms with Crippen LogP contribution in [0.2, 0.25) is 0 Å². The number of nitrogens with two attached hydrogens (primary N) is 1. The van der Waals surface area contributed by atoms with Gasteiger partial charge >= 0.3 is 0 Å². The van der Waals surface area contributed by atoms with Crippen molar-refractivity contribution in [2.45, 2.75) is 19.9 Å². The Kier molecular flexibility index (Phi) is 3.10. The first-order chi connectivity index (χ1) is 6.60. The Balaban J connectivity index is 3.33. The van der Waals surface area contributed by atoms with Crippen molar-refractivity contribution >= 4 is 0 Å². The number of benzene rings is 1. The van der Waals surface area contributed by atoms with Crippen LogP contribution in [0.25, 0.3) is 0 Å². The zero-order chi connectivity index (χ0) is 10.7. The van der Waals surface area contributed by atoms with E-state index in [0.717, 1.165) is 11.1 Å². The molecule has 0 aliphatic heterocycles. The summed E-state index contributed by atoms with van der Waals surface area (Å²) in [6.07, 6.45) is 0. The van der Waals surface area contributed by atoms with Crippen molar-refractivity contribution in [2.24, 2.45) is 5.73 Å². The van der Waals surface area contributed by atoms with Gasteiger partial charge in [-0.1, -0.05) is 6.07 Å².